The SMILES string of the molecule is CCOC(=O)C1CC2=C(CC(N(N)SC3=CCCCC=N3)=CC(OCCOC)=C2)N1. The third-order valence-corrected chi connectivity index (χ3v) is 5.71. The molecular weight excluding hydrogens is 404 g/mol. The lowest BCUT2D eigenvalue weighted by molar-refractivity contribution is -0.145. The van der Waals surface area contributed by atoms with Crippen LogP contribution >= 0.6 is 11.9 Å². The van der Waals surface area contributed by atoms with Gasteiger partial charge in [0, 0.05) is 49.9 Å². The number of nitrogens with one attached hydrogen (secondary N) is 1. The van der Waals surface area contributed by atoms with E-state index in [1.54, 1.807) is 11.5 Å². The maximum Gasteiger partial charge on any atom is 0.328 e. The summed E-state index contributed by atoms with van der Waals surface area (Å²) in [6, 6.07) is -0.390. The van der Waals surface area contributed by atoms with E-state index in [2.05, 4.69) is 16.4 Å². The average molecular weight is 435 g/mol. The Hall–Kier alpha value is -2.23. The molecule has 0 saturated carbocycles. The zero-order chi connectivity index (χ0) is 21.3. The molecule has 3 rings (SSSR count). The molecule has 0 spiro atoms. The summed E-state index contributed by atoms with van der Waals surface area (Å²) >= 11 is 1.39. The molecule has 2 aliphatic heterocycles. The fourth-order valence-electron chi connectivity index (χ4n) is 3.33. The summed E-state index contributed by atoms with van der Waals surface area (Å²) in [4.78, 5) is 16.7. The highest BCUT2D eigenvalue weighted by Crippen LogP contribution is 2.34. The second-order valence-corrected chi connectivity index (χ2v) is 8.05. The maximum atomic E-state index is 12.2. The number of allylic oxidation sites excluding steroid dienone is 3. The van der Waals surface area contributed by atoms with E-state index < -0.39 is 0 Å². The number of aliphatic imine (C=N–C) groups is 1. The van der Waals surface area contributed by atoms with Crippen LogP contribution in [0.4, 0.5) is 0 Å². The van der Waals surface area contributed by atoms with Gasteiger partial charge in [-0.25, -0.2) is 10.6 Å². The minimum Gasteiger partial charge on any atom is -0.491 e. The molecule has 30 heavy (non-hydrogen) atoms. The summed E-state index contributed by atoms with van der Waals surface area (Å²) in [6.45, 7) is 3.08. The quantitative estimate of drug-likeness (QED) is 0.188. The van der Waals surface area contributed by atoms with Crippen LogP contribution in [0.3, 0.4) is 0 Å². The summed E-state index contributed by atoms with van der Waals surface area (Å²) < 4.78 is 17.8. The molecular formula is C21H30N4O4S. The third-order valence-electron chi connectivity index (χ3n) is 4.82. The zero-order valence-electron chi connectivity index (χ0n) is 17.6. The Kier molecular flexibility index (Phi) is 8.41. The molecule has 0 saturated heterocycles. The van der Waals surface area contributed by atoms with Gasteiger partial charge in [0.05, 0.1) is 18.9 Å². The molecule has 1 aliphatic carbocycles. The van der Waals surface area contributed by atoms with Crippen molar-refractivity contribution in [2.75, 3.05) is 26.9 Å². The predicted octanol–water partition coefficient (Wildman–Crippen LogP) is 2.92. The number of carbonyl (C=O) groups is 1. The average Bonchev–Trinajstić information content (AvgIpc) is 2.88. The second kappa shape index (κ2) is 11.2. The third kappa shape index (κ3) is 6.13. The largest absolute Gasteiger partial charge is 0.491 e. The molecule has 0 radical (unpaired) electrons. The first kappa shape index (κ1) is 22.5. The number of methoxy groups -OCH3 is 1. The van der Waals surface area contributed by atoms with Gasteiger partial charge in [0.2, 0.25) is 0 Å². The lowest BCUT2D eigenvalue weighted by Gasteiger charge is -2.22. The van der Waals surface area contributed by atoms with Crippen LogP contribution in [0.1, 0.15) is 39.0 Å². The molecule has 3 N–H and O–H groups in total. The summed E-state index contributed by atoms with van der Waals surface area (Å²) in [7, 11) is 1.64. The highest BCUT2D eigenvalue weighted by atomic mass is 32.2. The highest BCUT2D eigenvalue weighted by molar-refractivity contribution is 8.00. The molecule has 0 aromatic heterocycles. The van der Waals surface area contributed by atoms with Crippen LogP contribution in [0.15, 0.2) is 51.0 Å². The Morgan fingerprint density at radius 1 is 1.37 bits per heavy atom. The van der Waals surface area contributed by atoms with E-state index in [0.717, 1.165) is 41.3 Å². The Morgan fingerprint density at radius 3 is 3.03 bits per heavy atom. The molecule has 9 heteroatoms. The van der Waals surface area contributed by atoms with Crippen molar-refractivity contribution < 1.29 is 19.0 Å². The smallest absolute Gasteiger partial charge is 0.328 e. The molecule has 0 amide bonds. The van der Waals surface area contributed by atoms with E-state index in [-0.39, 0.29) is 12.0 Å². The van der Waals surface area contributed by atoms with Gasteiger partial charge in [-0.1, -0.05) is 6.08 Å². The lowest BCUT2D eigenvalue weighted by Crippen LogP contribution is -2.34. The van der Waals surface area contributed by atoms with Crippen molar-refractivity contribution in [2.24, 2.45) is 10.8 Å². The Morgan fingerprint density at radius 2 is 2.23 bits per heavy atom. The van der Waals surface area contributed by atoms with Crippen molar-refractivity contribution >= 4 is 24.1 Å². The molecule has 0 aromatic carbocycles. The number of hydrazine groups is 1. The molecule has 8 nitrogen and oxygen atoms in total. The van der Waals surface area contributed by atoms with Gasteiger partial charge in [0.15, 0.2) is 0 Å². The van der Waals surface area contributed by atoms with Crippen molar-refractivity contribution in [2.45, 2.75) is 45.1 Å². The predicted molar refractivity (Wildman–Crippen MR) is 118 cm³/mol. The van der Waals surface area contributed by atoms with Crippen molar-refractivity contribution in [1.29, 1.82) is 0 Å². The zero-order valence-corrected chi connectivity index (χ0v) is 18.4. The van der Waals surface area contributed by atoms with Gasteiger partial charge in [0.1, 0.15) is 23.4 Å². The van der Waals surface area contributed by atoms with Crippen molar-refractivity contribution in [3.8, 4) is 0 Å². The van der Waals surface area contributed by atoms with Crippen LogP contribution in [0.25, 0.3) is 0 Å². The summed E-state index contributed by atoms with van der Waals surface area (Å²) in [5.74, 6) is 6.85. The van der Waals surface area contributed by atoms with Gasteiger partial charge < -0.3 is 19.5 Å². The number of hydrogen-bond donors (Lipinski definition) is 2. The summed E-state index contributed by atoms with van der Waals surface area (Å²) in [5.41, 5.74) is 2.84. The second-order valence-electron chi connectivity index (χ2n) is 7.06. The number of hydrogen-bond acceptors (Lipinski definition) is 9. The molecule has 0 fully saturated rings. The number of ether oxygens (including phenoxy) is 3. The van der Waals surface area contributed by atoms with Crippen LogP contribution in [-0.2, 0) is 19.0 Å². The first-order valence-electron chi connectivity index (χ1n) is 10.3. The molecule has 2 heterocycles. The minimum absolute atomic E-state index is 0.247. The number of esters is 1. The minimum atomic E-state index is -0.390. The van der Waals surface area contributed by atoms with Gasteiger partial charge >= 0.3 is 5.97 Å². The van der Waals surface area contributed by atoms with Crippen LogP contribution in [-0.4, -0.2) is 49.6 Å². The van der Waals surface area contributed by atoms with Gasteiger partial charge in [-0.2, -0.15) is 0 Å². The van der Waals surface area contributed by atoms with Crippen LogP contribution in [0, 0.1) is 0 Å². The number of carbonyl (C=O) groups excluding carboxylic acids is 1. The monoisotopic (exact) mass is 434 g/mol. The van der Waals surface area contributed by atoms with Crippen molar-refractivity contribution in [1.82, 2.24) is 9.73 Å². The van der Waals surface area contributed by atoms with E-state index in [9.17, 15) is 4.79 Å². The van der Waals surface area contributed by atoms with Gasteiger partial charge in [-0.3, -0.25) is 9.41 Å². The molecule has 0 aromatic rings. The number of rotatable bonds is 9. The lowest BCUT2D eigenvalue weighted by atomic mass is 10.1. The fraction of sp³-hybridized carbons (Fsp3) is 0.524. The van der Waals surface area contributed by atoms with E-state index in [4.69, 9.17) is 20.1 Å². The van der Waals surface area contributed by atoms with E-state index in [0.29, 0.717) is 38.4 Å². The van der Waals surface area contributed by atoms with Crippen LogP contribution < -0.4 is 11.2 Å². The van der Waals surface area contributed by atoms with E-state index in [1.165, 1.54) is 11.9 Å². The van der Waals surface area contributed by atoms with Crippen molar-refractivity contribution in [3.63, 3.8) is 0 Å². The molecule has 1 unspecified atom stereocenters. The Labute approximate surface area is 182 Å². The standard InChI is InChI=1S/C21H30N4O4S/c1-3-28-21(26)19-12-15-11-17(29-10-9-27-2)13-16(14-18(15)24-19)25(22)30-20-7-5-4-6-8-23-20/h7-8,11,13,19,24H,3-6,9-10,12,14,22H2,1-2H3. The van der Waals surface area contributed by atoms with E-state index >= 15 is 0 Å². The summed E-state index contributed by atoms with van der Waals surface area (Å²) in [5, 5.41) is 4.19. The van der Waals surface area contributed by atoms with Crippen LogP contribution in [0.2, 0.25) is 0 Å². The molecule has 164 valence electrons. The number of nitrogens with two attached hydrogens (primary N) is 1. The van der Waals surface area contributed by atoms with E-state index in [1.807, 2.05) is 25.3 Å². The first-order valence-corrected chi connectivity index (χ1v) is 11.0. The summed E-state index contributed by atoms with van der Waals surface area (Å²) in [6.07, 6.45) is 12.1. The number of nitrogens with zero attached hydrogens (tertiary/aromatic N) is 2. The Balaban J connectivity index is 1.76. The topological polar surface area (TPSA) is 98.4 Å². The van der Waals surface area contributed by atoms with Gasteiger partial charge in [-0.15, -0.1) is 0 Å². The molecule has 1 atom stereocenters. The highest BCUT2D eigenvalue weighted by Gasteiger charge is 2.31. The normalized spacial score (nSPS) is 20.9. The maximum absolute atomic E-state index is 12.2. The molecule has 3 aliphatic rings. The fourth-order valence-corrected chi connectivity index (χ4v) is 4.08. The van der Waals surface area contributed by atoms with Gasteiger partial charge in [-0.05, 0) is 37.8 Å². The van der Waals surface area contributed by atoms with Gasteiger partial charge in [0.25, 0.3) is 0 Å². The van der Waals surface area contributed by atoms with Crippen molar-refractivity contribution in [3.05, 3.63) is 46.0 Å². The van der Waals surface area contributed by atoms with Crippen LogP contribution in [0.5, 0.6) is 0 Å². The first-order chi connectivity index (χ1) is 14.6. The Bertz CT molecular complexity index is 788. The molecule has 0 bridgehead atoms.